The highest BCUT2D eigenvalue weighted by molar-refractivity contribution is 7.89. The lowest BCUT2D eigenvalue weighted by Gasteiger charge is -2.04. The van der Waals surface area contributed by atoms with Gasteiger partial charge in [0.1, 0.15) is 11.3 Å². The Balaban J connectivity index is 1.64. The van der Waals surface area contributed by atoms with E-state index in [4.69, 9.17) is 0 Å². The lowest BCUT2D eigenvalue weighted by Crippen LogP contribution is -2.25. The Hall–Kier alpha value is -1.84. The van der Waals surface area contributed by atoms with Crippen molar-refractivity contribution in [3.63, 3.8) is 0 Å². The summed E-state index contributed by atoms with van der Waals surface area (Å²) >= 11 is 1.39. The van der Waals surface area contributed by atoms with Crippen molar-refractivity contribution in [3.8, 4) is 0 Å². The first-order valence-electron chi connectivity index (χ1n) is 5.85. The topological polar surface area (TPSA) is 89.2 Å². The fourth-order valence-electron chi connectivity index (χ4n) is 1.68. The molecule has 0 fully saturated rings. The van der Waals surface area contributed by atoms with Gasteiger partial charge in [-0.05, 0) is 12.1 Å². The Morgan fingerprint density at radius 1 is 1.25 bits per heavy atom. The van der Waals surface area contributed by atoms with E-state index in [-0.39, 0.29) is 4.90 Å². The molecule has 0 aliphatic rings. The summed E-state index contributed by atoms with van der Waals surface area (Å²) in [6, 6.07) is 8.28. The van der Waals surface area contributed by atoms with E-state index in [2.05, 4.69) is 20.0 Å². The summed E-state index contributed by atoms with van der Waals surface area (Å²) in [5.74, 6) is 0. The molecule has 9 heteroatoms. The van der Waals surface area contributed by atoms with Gasteiger partial charge in [0, 0.05) is 13.0 Å². The number of sulfonamides is 1. The Bertz CT molecular complexity index is 781. The first kappa shape index (κ1) is 13.2. The highest BCUT2D eigenvalue weighted by Crippen LogP contribution is 2.12. The molecule has 0 spiro atoms. The molecular weight excluding hydrogens is 298 g/mol. The average Bonchev–Trinajstić information content (AvgIpc) is 3.00. The van der Waals surface area contributed by atoms with Crippen LogP contribution in [0.25, 0.3) is 4.96 Å². The highest BCUT2D eigenvalue weighted by Gasteiger charge is 2.13. The molecule has 7 nitrogen and oxygen atoms in total. The van der Waals surface area contributed by atoms with E-state index < -0.39 is 10.0 Å². The minimum Gasteiger partial charge on any atom is -0.211 e. The second-order valence-electron chi connectivity index (χ2n) is 4.01. The van der Waals surface area contributed by atoms with Gasteiger partial charge in [-0.25, -0.2) is 13.1 Å². The molecule has 20 heavy (non-hydrogen) atoms. The van der Waals surface area contributed by atoms with Crippen molar-refractivity contribution in [2.45, 2.75) is 11.3 Å². The molecule has 0 radical (unpaired) electrons. The van der Waals surface area contributed by atoms with Crippen molar-refractivity contribution >= 4 is 26.3 Å². The van der Waals surface area contributed by atoms with Gasteiger partial charge in [0.15, 0.2) is 0 Å². The summed E-state index contributed by atoms with van der Waals surface area (Å²) in [6.45, 7) is 0.293. The van der Waals surface area contributed by atoms with E-state index in [0.717, 1.165) is 5.01 Å². The van der Waals surface area contributed by atoms with Crippen molar-refractivity contribution in [3.05, 3.63) is 41.7 Å². The van der Waals surface area contributed by atoms with Crippen LogP contribution in [0.15, 0.2) is 41.6 Å². The first-order valence-corrected chi connectivity index (χ1v) is 8.15. The minimum absolute atomic E-state index is 0.262. The van der Waals surface area contributed by atoms with Gasteiger partial charge in [0.05, 0.1) is 4.90 Å². The zero-order chi connectivity index (χ0) is 14.0. The number of fused-ring (bicyclic) bond motifs is 1. The zero-order valence-electron chi connectivity index (χ0n) is 10.3. The molecule has 2 heterocycles. The van der Waals surface area contributed by atoms with Gasteiger partial charge < -0.3 is 0 Å². The molecule has 0 aliphatic heterocycles. The lowest BCUT2D eigenvalue weighted by molar-refractivity contribution is 0.581. The van der Waals surface area contributed by atoms with Crippen molar-refractivity contribution in [1.29, 1.82) is 0 Å². The molecule has 3 rings (SSSR count). The second-order valence-corrected chi connectivity index (χ2v) is 6.82. The summed E-state index contributed by atoms with van der Waals surface area (Å²) in [6.07, 6.45) is 2.03. The molecule has 1 aromatic carbocycles. The summed E-state index contributed by atoms with van der Waals surface area (Å²) in [5.41, 5.74) is 0. The number of aromatic nitrogens is 4. The van der Waals surface area contributed by atoms with Crippen molar-refractivity contribution < 1.29 is 8.42 Å². The van der Waals surface area contributed by atoms with Crippen LogP contribution in [0.3, 0.4) is 0 Å². The van der Waals surface area contributed by atoms with Gasteiger partial charge in [-0.15, -0.1) is 10.2 Å². The zero-order valence-corrected chi connectivity index (χ0v) is 11.9. The largest absolute Gasteiger partial charge is 0.240 e. The van der Waals surface area contributed by atoms with Gasteiger partial charge >= 0.3 is 0 Å². The molecule has 0 saturated carbocycles. The van der Waals surface area contributed by atoms with Crippen LogP contribution in [0, 0.1) is 0 Å². The van der Waals surface area contributed by atoms with Gasteiger partial charge in [-0.3, -0.25) is 0 Å². The second kappa shape index (κ2) is 5.27. The quantitative estimate of drug-likeness (QED) is 0.749. The minimum atomic E-state index is -3.46. The van der Waals surface area contributed by atoms with Crippen LogP contribution >= 0.6 is 11.3 Å². The van der Waals surface area contributed by atoms with E-state index in [1.807, 2.05) is 0 Å². The summed E-state index contributed by atoms with van der Waals surface area (Å²) < 4.78 is 28.1. The van der Waals surface area contributed by atoms with E-state index in [0.29, 0.717) is 17.9 Å². The van der Waals surface area contributed by atoms with Gasteiger partial charge in [0.2, 0.25) is 15.0 Å². The standard InChI is InChI=1S/C11H11N5O2S2/c17-20(18,9-4-2-1-3-5-9)13-7-6-10-15-16-8-12-14-11(16)19-10/h1-5,8,13H,6-7H2. The van der Waals surface area contributed by atoms with Crippen LogP contribution in [0.4, 0.5) is 0 Å². The predicted octanol–water partition coefficient (Wildman–Crippen LogP) is 0.707. The summed E-state index contributed by atoms with van der Waals surface area (Å²) in [7, 11) is -3.46. The fourth-order valence-corrected chi connectivity index (χ4v) is 3.54. The number of rotatable bonds is 5. The highest BCUT2D eigenvalue weighted by atomic mass is 32.2. The van der Waals surface area contributed by atoms with Crippen LogP contribution in [0.5, 0.6) is 0 Å². The van der Waals surface area contributed by atoms with Crippen LogP contribution in [0.1, 0.15) is 5.01 Å². The van der Waals surface area contributed by atoms with E-state index in [1.165, 1.54) is 17.7 Å². The normalized spacial score (nSPS) is 12.0. The molecule has 1 N–H and O–H groups in total. The number of benzene rings is 1. The third-order valence-electron chi connectivity index (χ3n) is 2.61. The molecule has 2 aromatic heterocycles. The molecule has 0 bridgehead atoms. The molecule has 0 aliphatic carbocycles. The Kier molecular flexibility index (Phi) is 3.47. The third kappa shape index (κ3) is 2.69. The maximum absolute atomic E-state index is 12.0. The lowest BCUT2D eigenvalue weighted by atomic mass is 10.4. The smallest absolute Gasteiger partial charge is 0.211 e. The monoisotopic (exact) mass is 309 g/mol. The fraction of sp³-hybridized carbons (Fsp3) is 0.182. The van der Waals surface area contributed by atoms with Crippen LogP contribution in [0.2, 0.25) is 0 Å². The summed E-state index contributed by atoms with van der Waals surface area (Å²) in [5, 5.41) is 12.6. The predicted molar refractivity (Wildman–Crippen MR) is 74.0 cm³/mol. The Morgan fingerprint density at radius 3 is 2.80 bits per heavy atom. The number of hydrogen-bond donors (Lipinski definition) is 1. The maximum atomic E-state index is 12.0. The number of hydrogen-bond acceptors (Lipinski definition) is 6. The number of nitrogens with zero attached hydrogens (tertiary/aromatic N) is 4. The van der Waals surface area contributed by atoms with E-state index >= 15 is 0 Å². The van der Waals surface area contributed by atoms with E-state index in [1.54, 1.807) is 34.8 Å². The van der Waals surface area contributed by atoms with Crippen molar-refractivity contribution in [2.24, 2.45) is 0 Å². The van der Waals surface area contributed by atoms with Crippen molar-refractivity contribution in [2.75, 3.05) is 6.54 Å². The van der Waals surface area contributed by atoms with Crippen LogP contribution in [-0.4, -0.2) is 34.8 Å². The summed E-state index contributed by atoms with van der Waals surface area (Å²) in [4.78, 5) is 0.962. The third-order valence-corrected chi connectivity index (χ3v) is 5.06. The van der Waals surface area contributed by atoms with Crippen LogP contribution < -0.4 is 4.72 Å². The molecule has 104 valence electrons. The van der Waals surface area contributed by atoms with E-state index in [9.17, 15) is 8.42 Å². The first-order chi connectivity index (χ1) is 9.65. The SMILES string of the molecule is O=S(=O)(NCCc1nn2cnnc2s1)c1ccccc1. The maximum Gasteiger partial charge on any atom is 0.240 e. The van der Waals surface area contributed by atoms with Gasteiger partial charge in [-0.2, -0.15) is 9.61 Å². The Morgan fingerprint density at radius 2 is 2.05 bits per heavy atom. The number of nitrogens with one attached hydrogen (secondary N) is 1. The molecule has 0 unspecified atom stereocenters. The van der Waals surface area contributed by atoms with Crippen LogP contribution in [-0.2, 0) is 16.4 Å². The molecule has 0 amide bonds. The van der Waals surface area contributed by atoms with Gasteiger partial charge in [0.25, 0.3) is 0 Å². The average molecular weight is 309 g/mol. The molecule has 0 atom stereocenters. The Labute approximate surface area is 119 Å². The van der Waals surface area contributed by atoms with Crippen molar-refractivity contribution in [1.82, 2.24) is 24.5 Å². The molecular formula is C11H11N5O2S2. The molecule has 3 aromatic rings. The molecule has 0 saturated heterocycles. The van der Waals surface area contributed by atoms with Gasteiger partial charge in [-0.1, -0.05) is 29.5 Å².